The van der Waals surface area contributed by atoms with E-state index < -0.39 is 0 Å². The molecular formula is C19H13FN4OS2. The highest BCUT2D eigenvalue weighted by Gasteiger charge is 2.16. The van der Waals surface area contributed by atoms with Crippen molar-refractivity contribution in [2.24, 2.45) is 4.99 Å². The zero-order chi connectivity index (χ0) is 18.2. The molecule has 0 spiro atoms. The first kappa shape index (κ1) is 16.5. The lowest BCUT2D eigenvalue weighted by atomic mass is 10.1. The maximum Gasteiger partial charge on any atom is 0.191 e. The molecule has 1 aliphatic heterocycles. The molecule has 1 aliphatic rings. The van der Waals surface area contributed by atoms with Crippen molar-refractivity contribution in [3.8, 4) is 11.3 Å². The Hall–Kier alpha value is -2.71. The van der Waals surface area contributed by atoms with E-state index in [1.54, 1.807) is 17.8 Å². The molecule has 0 amide bonds. The molecule has 2 aromatic heterocycles. The third-order valence-electron chi connectivity index (χ3n) is 4.09. The molecule has 8 heteroatoms. The van der Waals surface area contributed by atoms with Gasteiger partial charge in [0.05, 0.1) is 10.2 Å². The standard InChI is InChI=1S/C19H13FN4OS2/c20-12-3-6-14-17(9-12)27-19(23-14)22-13-4-1-11(2-5-13)15-10-16(25-24-15)18-21-7-8-26-18/h1-6,9-10H,7-8H2,(H,22,23). The second kappa shape index (κ2) is 6.79. The number of fused-ring (bicyclic) bond motifs is 1. The molecule has 3 heterocycles. The van der Waals surface area contributed by atoms with Gasteiger partial charge in [-0.2, -0.15) is 0 Å². The van der Waals surface area contributed by atoms with E-state index in [4.69, 9.17) is 4.52 Å². The predicted octanol–water partition coefficient (Wildman–Crippen LogP) is 5.33. The molecule has 0 saturated carbocycles. The van der Waals surface area contributed by atoms with Gasteiger partial charge in [0, 0.05) is 29.6 Å². The molecule has 0 radical (unpaired) electrons. The monoisotopic (exact) mass is 396 g/mol. The van der Waals surface area contributed by atoms with E-state index in [0.717, 1.165) is 55.4 Å². The van der Waals surface area contributed by atoms with Crippen LogP contribution in [0.2, 0.25) is 0 Å². The van der Waals surface area contributed by atoms with Gasteiger partial charge in [-0.1, -0.05) is 28.6 Å². The SMILES string of the molecule is Fc1ccc2nc(Nc3ccc(-c4cc(C5=NCCS5)on4)cc3)sc2c1. The van der Waals surface area contributed by atoms with E-state index in [1.165, 1.54) is 23.5 Å². The molecule has 2 aromatic carbocycles. The van der Waals surface area contributed by atoms with Crippen LogP contribution in [0.5, 0.6) is 0 Å². The highest BCUT2D eigenvalue weighted by molar-refractivity contribution is 8.14. The number of aromatic nitrogens is 2. The lowest BCUT2D eigenvalue weighted by molar-refractivity contribution is 0.417. The zero-order valence-corrected chi connectivity index (χ0v) is 15.6. The van der Waals surface area contributed by atoms with E-state index in [9.17, 15) is 4.39 Å². The second-order valence-corrected chi connectivity index (χ2v) is 8.06. The number of nitrogens with one attached hydrogen (secondary N) is 1. The van der Waals surface area contributed by atoms with Crippen molar-refractivity contribution < 1.29 is 8.91 Å². The minimum atomic E-state index is -0.254. The third-order valence-corrected chi connectivity index (χ3v) is 6.01. The molecule has 0 fully saturated rings. The van der Waals surface area contributed by atoms with Crippen LogP contribution in [0.4, 0.5) is 15.2 Å². The van der Waals surface area contributed by atoms with Crippen LogP contribution in [0.15, 0.2) is 58.0 Å². The Bertz CT molecular complexity index is 1150. The average molecular weight is 396 g/mol. The van der Waals surface area contributed by atoms with Gasteiger partial charge in [0.25, 0.3) is 0 Å². The Kier molecular flexibility index (Phi) is 4.14. The number of thioether (sulfide) groups is 1. The molecule has 1 N–H and O–H groups in total. The summed E-state index contributed by atoms with van der Waals surface area (Å²) < 4.78 is 19.5. The molecule has 5 rings (SSSR count). The maximum atomic E-state index is 13.3. The predicted molar refractivity (Wildman–Crippen MR) is 109 cm³/mol. The Labute approximate surface area is 162 Å². The molecule has 27 heavy (non-hydrogen) atoms. The summed E-state index contributed by atoms with van der Waals surface area (Å²) in [5.41, 5.74) is 3.42. The molecule has 4 aromatic rings. The van der Waals surface area contributed by atoms with Crippen molar-refractivity contribution in [2.45, 2.75) is 0 Å². The zero-order valence-electron chi connectivity index (χ0n) is 14.0. The molecule has 0 atom stereocenters. The van der Waals surface area contributed by atoms with Gasteiger partial charge >= 0.3 is 0 Å². The van der Waals surface area contributed by atoms with Crippen molar-refractivity contribution in [1.29, 1.82) is 0 Å². The highest BCUT2D eigenvalue weighted by atomic mass is 32.2. The van der Waals surface area contributed by atoms with Crippen molar-refractivity contribution >= 4 is 49.2 Å². The summed E-state index contributed by atoms with van der Waals surface area (Å²) in [4.78, 5) is 8.88. The van der Waals surface area contributed by atoms with Crippen molar-refractivity contribution in [2.75, 3.05) is 17.6 Å². The number of nitrogens with zero attached hydrogens (tertiary/aromatic N) is 3. The van der Waals surface area contributed by atoms with Gasteiger partial charge in [-0.15, -0.1) is 11.8 Å². The lowest BCUT2D eigenvalue weighted by Crippen LogP contribution is -1.89. The summed E-state index contributed by atoms with van der Waals surface area (Å²) in [7, 11) is 0. The van der Waals surface area contributed by atoms with Gasteiger partial charge in [-0.25, -0.2) is 9.37 Å². The quantitative estimate of drug-likeness (QED) is 0.505. The number of aliphatic imine (C=N–C) groups is 1. The van der Waals surface area contributed by atoms with Crippen LogP contribution in [-0.4, -0.2) is 27.5 Å². The van der Waals surface area contributed by atoms with Gasteiger partial charge in [0.2, 0.25) is 0 Å². The number of halogens is 1. The maximum absolute atomic E-state index is 13.3. The molecule has 134 valence electrons. The number of hydrogen-bond donors (Lipinski definition) is 1. The number of rotatable bonds is 4. The first-order valence-electron chi connectivity index (χ1n) is 8.32. The number of anilines is 2. The minimum Gasteiger partial charge on any atom is -0.353 e. The molecule has 0 saturated heterocycles. The van der Waals surface area contributed by atoms with Gasteiger partial charge in [0.1, 0.15) is 16.6 Å². The fourth-order valence-corrected chi connectivity index (χ4v) is 4.50. The molecule has 0 bridgehead atoms. The van der Waals surface area contributed by atoms with E-state index >= 15 is 0 Å². The Morgan fingerprint density at radius 3 is 2.78 bits per heavy atom. The summed E-state index contributed by atoms with van der Waals surface area (Å²) in [5.74, 6) is 1.46. The number of benzene rings is 2. The molecule has 0 aliphatic carbocycles. The van der Waals surface area contributed by atoms with Gasteiger partial charge in [-0.3, -0.25) is 4.99 Å². The second-order valence-electron chi connectivity index (χ2n) is 5.95. The smallest absolute Gasteiger partial charge is 0.191 e. The van der Waals surface area contributed by atoms with Crippen LogP contribution in [0, 0.1) is 5.82 Å². The summed E-state index contributed by atoms with van der Waals surface area (Å²) >= 11 is 3.11. The normalized spacial score (nSPS) is 13.9. The Morgan fingerprint density at radius 1 is 1.07 bits per heavy atom. The minimum absolute atomic E-state index is 0.254. The summed E-state index contributed by atoms with van der Waals surface area (Å²) in [5, 5.41) is 9.05. The molecule has 0 unspecified atom stereocenters. The van der Waals surface area contributed by atoms with Crippen LogP contribution in [0.1, 0.15) is 5.76 Å². The molecular weight excluding hydrogens is 383 g/mol. The fourth-order valence-electron chi connectivity index (χ4n) is 2.80. The van der Waals surface area contributed by atoms with E-state index in [2.05, 4.69) is 20.4 Å². The Morgan fingerprint density at radius 2 is 1.96 bits per heavy atom. The van der Waals surface area contributed by atoms with Gasteiger partial charge in [0.15, 0.2) is 10.9 Å². The van der Waals surface area contributed by atoms with Crippen LogP contribution in [0.3, 0.4) is 0 Å². The van der Waals surface area contributed by atoms with Crippen molar-refractivity contribution in [1.82, 2.24) is 10.1 Å². The van der Waals surface area contributed by atoms with E-state index in [-0.39, 0.29) is 5.82 Å². The Balaban J connectivity index is 1.35. The first-order chi connectivity index (χ1) is 13.2. The summed E-state index contributed by atoms with van der Waals surface area (Å²) in [6.45, 7) is 0.828. The number of hydrogen-bond acceptors (Lipinski definition) is 7. The third kappa shape index (κ3) is 3.33. The highest BCUT2D eigenvalue weighted by Crippen LogP contribution is 2.30. The topological polar surface area (TPSA) is 63.3 Å². The fraction of sp³-hybridized carbons (Fsp3) is 0.105. The number of thiazole rings is 1. The first-order valence-corrected chi connectivity index (χ1v) is 10.1. The van der Waals surface area contributed by atoms with Crippen LogP contribution in [0.25, 0.3) is 21.5 Å². The summed E-state index contributed by atoms with van der Waals surface area (Å²) in [6, 6.07) is 14.4. The van der Waals surface area contributed by atoms with Gasteiger partial charge in [-0.05, 0) is 30.3 Å². The van der Waals surface area contributed by atoms with Crippen molar-refractivity contribution in [3.63, 3.8) is 0 Å². The van der Waals surface area contributed by atoms with Crippen LogP contribution in [-0.2, 0) is 0 Å². The lowest BCUT2D eigenvalue weighted by Gasteiger charge is -2.03. The van der Waals surface area contributed by atoms with E-state index in [0.29, 0.717) is 0 Å². The average Bonchev–Trinajstić information content (AvgIpc) is 3.42. The van der Waals surface area contributed by atoms with Crippen LogP contribution >= 0.6 is 23.1 Å². The largest absolute Gasteiger partial charge is 0.353 e. The molecule has 5 nitrogen and oxygen atoms in total. The summed E-state index contributed by atoms with van der Waals surface area (Å²) in [6.07, 6.45) is 0. The van der Waals surface area contributed by atoms with Crippen LogP contribution < -0.4 is 5.32 Å². The van der Waals surface area contributed by atoms with Crippen molar-refractivity contribution in [3.05, 3.63) is 60.1 Å². The van der Waals surface area contributed by atoms with E-state index in [1.807, 2.05) is 30.3 Å². The van der Waals surface area contributed by atoms with Gasteiger partial charge < -0.3 is 9.84 Å².